The predicted molar refractivity (Wildman–Crippen MR) is 69.6 cm³/mol. The van der Waals surface area contributed by atoms with Gasteiger partial charge in [0, 0.05) is 19.7 Å². The molecule has 0 spiro atoms. The van der Waals surface area contributed by atoms with Crippen LogP contribution in [-0.4, -0.2) is 47.8 Å². The minimum atomic E-state index is -0.621. The molecule has 0 amide bonds. The molecule has 4 heteroatoms. The van der Waals surface area contributed by atoms with Crippen LogP contribution in [0.25, 0.3) is 0 Å². The first-order chi connectivity index (χ1) is 8.56. The van der Waals surface area contributed by atoms with Gasteiger partial charge in [-0.1, -0.05) is 12.8 Å². The Kier molecular flexibility index (Phi) is 4.28. The van der Waals surface area contributed by atoms with Crippen molar-refractivity contribution < 1.29 is 14.6 Å². The van der Waals surface area contributed by atoms with E-state index in [1.807, 2.05) is 0 Å². The summed E-state index contributed by atoms with van der Waals surface area (Å²) in [6, 6.07) is 0.214. The molecule has 4 nitrogen and oxygen atoms in total. The summed E-state index contributed by atoms with van der Waals surface area (Å²) in [7, 11) is 1.76. The van der Waals surface area contributed by atoms with Crippen molar-refractivity contribution in [1.29, 1.82) is 0 Å². The fourth-order valence-electron chi connectivity index (χ4n) is 3.53. The number of carbonyl (C=O) groups is 1. The van der Waals surface area contributed by atoms with Crippen molar-refractivity contribution in [2.75, 3.05) is 20.2 Å². The SMILES string of the molecule is COC1(C)CCCN(C2CCCCC2C(=O)O)C1. The first kappa shape index (κ1) is 13.8. The molecule has 0 aromatic carbocycles. The predicted octanol–water partition coefficient (Wildman–Crippen LogP) is 2.13. The molecule has 0 aromatic rings. The Morgan fingerprint density at radius 1 is 1.33 bits per heavy atom. The molecule has 1 aliphatic heterocycles. The van der Waals surface area contributed by atoms with E-state index in [0.717, 1.165) is 51.6 Å². The maximum Gasteiger partial charge on any atom is 0.308 e. The van der Waals surface area contributed by atoms with Gasteiger partial charge < -0.3 is 9.84 Å². The van der Waals surface area contributed by atoms with Gasteiger partial charge in [-0.05, 0) is 39.2 Å². The number of ether oxygens (including phenoxy) is 1. The summed E-state index contributed by atoms with van der Waals surface area (Å²) in [4.78, 5) is 13.7. The number of piperidine rings is 1. The summed E-state index contributed by atoms with van der Waals surface area (Å²) < 4.78 is 5.61. The van der Waals surface area contributed by atoms with Crippen molar-refractivity contribution >= 4 is 5.97 Å². The molecule has 0 radical (unpaired) electrons. The lowest BCUT2D eigenvalue weighted by Gasteiger charge is -2.46. The van der Waals surface area contributed by atoms with Gasteiger partial charge in [-0.3, -0.25) is 9.69 Å². The van der Waals surface area contributed by atoms with E-state index in [-0.39, 0.29) is 17.6 Å². The van der Waals surface area contributed by atoms with E-state index in [2.05, 4.69) is 11.8 Å². The Labute approximate surface area is 109 Å². The van der Waals surface area contributed by atoms with Crippen molar-refractivity contribution in [3.8, 4) is 0 Å². The molecule has 2 aliphatic rings. The third-order valence-corrected chi connectivity index (χ3v) is 4.70. The second kappa shape index (κ2) is 5.57. The topological polar surface area (TPSA) is 49.8 Å². The molecule has 1 saturated heterocycles. The number of carboxylic acids is 1. The van der Waals surface area contributed by atoms with Crippen LogP contribution in [0.3, 0.4) is 0 Å². The molecule has 2 fully saturated rings. The molecule has 0 aromatic heterocycles. The number of likely N-dealkylation sites (tertiary alicyclic amines) is 1. The molecule has 1 saturated carbocycles. The first-order valence-electron chi connectivity index (χ1n) is 7.08. The Morgan fingerprint density at radius 2 is 2.06 bits per heavy atom. The monoisotopic (exact) mass is 255 g/mol. The maximum absolute atomic E-state index is 11.4. The number of rotatable bonds is 3. The van der Waals surface area contributed by atoms with E-state index in [0.29, 0.717) is 0 Å². The van der Waals surface area contributed by atoms with Crippen molar-refractivity contribution in [2.45, 2.75) is 57.1 Å². The van der Waals surface area contributed by atoms with E-state index >= 15 is 0 Å². The molecular weight excluding hydrogens is 230 g/mol. The minimum absolute atomic E-state index is 0.0985. The highest BCUT2D eigenvalue weighted by Gasteiger charge is 2.39. The van der Waals surface area contributed by atoms with Crippen LogP contribution < -0.4 is 0 Å². The average molecular weight is 255 g/mol. The standard InChI is InChI=1S/C14H25NO3/c1-14(18-2)8-5-9-15(10-14)12-7-4-3-6-11(12)13(16)17/h11-12H,3-10H2,1-2H3,(H,16,17). The Hall–Kier alpha value is -0.610. The summed E-state index contributed by atoms with van der Waals surface area (Å²) >= 11 is 0. The molecule has 2 rings (SSSR count). The van der Waals surface area contributed by atoms with Crippen molar-refractivity contribution in [2.24, 2.45) is 5.92 Å². The molecule has 104 valence electrons. The number of nitrogens with zero attached hydrogens (tertiary/aromatic N) is 1. The van der Waals surface area contributed by atoms with Gasteiger partial charge in [0.2, 0.25) is 0 Å². The summed E-state index contributed by atoms with van der Waals surface area (Å²) in [5.74, 6) is -0.803. The van der Waals surface area contributed by atoms with E-state index in [1.165, 1.54) is 0 Å². The van der Waals surface area contributed by atoms with Gasteiger partial charge in [-0.15, -0.1) is 0 Å². The fraction of sp³-hybridized carbons (Fsp3) is 0.929. The molecule has 1 aliphatic carbocycles. The summed E-state index contributed by atoms with van der Waals surface area (Å²) in [6.45, 7) is 4.03. The van der Waals surface area contributed by atoms with Crippen LogP contribution >= 0.6 is 0 Å². The van der Waals surface area contributed by atoms with Gasteiger partial charge in [0.1, 0.15) is 0 Å². The van der Waals surface area contributed by atoms with Crippen LogP contribution in [0.1, 0.15) is 45.4 Å². The first-order valence-corrected chi connectivity index (χ1v) is 7.08. The molecule has 1 heterocycles. The van der Waals surface area contributed by atoms with E-state index in [1.54, 1.807) is 7.11 Å². The van der Waals surface area contributed by atoms with Gasteiger partial charge in [-0.2, -0.15) is 0 Å². The lowest BCUT2D eigenvalue weighted by Crippen LogP contribution is -2.54. The lowest BCUT2D eigenvalue weighted by molar-refractivity contribution is -0.147. The molecule has 0 bridgehead atoms. The molecule has 18 heavy (non-hydrogen) atoms. The van der Waals surface area contributed by atoms with Gasteiger partial charge >= 0.3 is 5.97 Å². The van der Waals surface area contributed by atoms with Gasteiger partial charge in [0.25, 0.3) is 0 Å². The van der Waals surface area contributed by atoms with Gasteiger partial charge in [-0.25, -0.2) is 0 Å². The zero-order chi connectivity index (χ0) is 13.2. The average Bonchev–Trinajstić information content (AvgIpc) is 2.39. The number of hydrogen-bond donors (Lipinski definition) is 1. The van der Waals surface area contributed by atoms with Crippen LogP contribution in [0.4, 0.5) is 0 Å². The molecular formula is C14H25NO3. The number of carboxylic acid groups (broad SMARTS) is 1. The van der Waals surface area contributed by atoms with Crippen LogP contribution in [0.5, 0.6) is 0 Å². The summed E-state index contributed by atoms with van der Waals surface area (Å²) in [5, 5.41) is 9.37. The Morgan fingerprint density at radius 3 is 2.72 bits per heavy atom. The van der Waals surface area contributed by atoms with Crippen molar-refractivity contribution in [1.82, 2.24) is 4.90 Å². The van der Waals surface area contributed by atoms with Crippen LogP contribution in [0, 0.1) is 5.92 Å². The number of hydrogen-bond acceptors (Lipinski definition) is 3. The third kappa shape index (κ3) is 2.86. The van der Waals surface area contributed by atoms with Crippen molar-refractivity contribution in [3.05, 3.63) is 0 Å². The second-order valence-corrected chi connectivity index (χ2v) is 6.02. The molecule has 1 N–H and O–H groups in total. The lowest BCUT2D eigenvalue weighted by atomic mass is 9.81. The maximum atomic E-state index is 11.4. The van der Waals surface area contributed by atoms with E-state index in [9.17, 15) is 9.90 Å². The summed E-state index contributed by atoms with van der Waals surface area (Å²) in [6.07, 6.45) is 6.26. The Bertz CT molecular complexity index is 307. The van der Waals surface area contributed by atoms with Gasteiger partial charge in [0.05, 0.1) is 11.5 Å². The normalized spacial score (nSPS) is 38.6. The summed E-state index contributed by atoms with van der Waals surface area (Å²) in [5.41, 5.74) is -0.0985. The quantitative estimate of drug-likeness (QED) is 0.839. The van der Waals surface area contributed by atoms with Gasteiger partial charge in [0.15, 0.2) is 0 Å². The largest absolute Gasteiger partial charge is 0.481 e. The van der Waals surface area contributed by atoms with E-state index in [4.69, 9.17) is 4.74 Å². The molecule has 3 atom stereocenters. The zero-order valence-electron chi connectivity index (χ0n) is 11.5. The van der Waals surface area contributed by atoms with E-state index < -0.39 is 5.97 Å². The van der Waals surface area contributed by atoms with Crippen LogP contribution in [-0.2, 0) is 9.53 Å². The highest BCUT2D eigenvalue weighted by atomic mass is 16.5. The minimum Gasteiger partial charge on any atom is -0.481 e. The van der Waals surface area contributed by atoms with Crippen LogP contribution in [0.15, 0.2) is 0 Å². The third-order valence-electron chi connectivity index (χ3n) is 4.70. The molecule has 3 unspecified atom stereocenters. The fourth-order valence-corrected chi connectivity index (χ4v) is 3.53. The number of aliphatic carboxylic acids is 1. The Balaban J connectivity index is 2.06. The van der Waals surface area contributed by atoms with Crippen LogP contribution in [0.2, 0.25) is 0 Å². The second-order valence-electron chi connectivity index (χ2n) is 6.02. The van der Waals surface area contributed by atoms with Crippen molar-refractivity contribution in [3.63, 3.8) is 0 Å². The number of methoxy groups -OCH3 is 1. The smallest absolute Gasteiger partial charge is 0.308 e. The highest BCUT2D eigenvalue weighted by Crippen LogP contribution is 2.33. The highest BCUT2D eigenvalue weighted by molar-refractivity contribution is 5.71. The zero-order valence-corrected chi connectivity index (χ0v) is 11.5.